The highest BCUT2D eigenvalue weighted by Crippen LogP contribution is 2.36. The van der Waals surface area contributed by atoms with Gasteiger partial charge in [-0.2, -0.15) is 0 Å². The van der Waals surface area contributed by atoms with Crippen LogP contribution in [0.5, 0.6) is 0 Å². The number of amides is 1. The van der Waals surface area contributed by atoms with Crippen LogP contribution in [0.1, 0.15) is 60.3 Å². The molecule has 2 saturated heterocycles. The third kappa shape index (κ3) is 2.73. The van der Waals surface area contributed by atoms with Crippen LogP contribution in [0.15, 0.2) is 0 Å². The molecule has 0 aromatic rings. The minimum absolute atomic E-state index is 0.0312. The summed E-state index contributed by atoms with van der Waals surface area (Å²) in [6.07, 6.45) is 4.16. The second-order valence-corrected chi connectivity index (χ2v) is 6.71. The highest BCUT2D eigenvalue weighted by atomic mass is 16.5. The fourth-order valence-corrected chi connectivity index (χ4v) is 3.67. The van der Waals surface area contributed by atoms with Crippen LogP contribution in [0.3, 0.4) is 0 Å². The van der Waals surface area contributed by atoms with Crippen LogP contribution in [0.2, 0.25) is 0 Å². The zero-order valence-corrected chi connectivity index (χ0v) is 13.6. The Balaban J connectivity index is 2.18. The highest BCUT2D eigenvalue weighted by Gasteiger charge is 2.45. The van der Waals surface area contributed by atoms with Crippen molar-refractivity contribution >= 4 is 5.91 Å². The summed E-state index contributed by atoms with van der Waals surface area (Å²) in [5.41, 5.74) is -0.0312. The Morgan fingerprint density at radius 2 is 2.05 bits per heavy atom. The van der Waals surface area contributed by atoms with E-state index in [9.17, 15) is 4.79 Å². The van der Waals surface area contributed by atoms with Gasteiger partial charge in [-0.25, -0.2) is 0 Å². The van der Waals surface area contributed by atoms with Crippen LogP contribution in [0, 0.1) is 5.92 Å². The monoisotopic (exact) mass is 282 g/mol. The molecule has 0 radical (unpaired) electrons. The summed E-state index contributed by atoms with van der Waals surface area (Å²) in [7, 11) is 0. The van der Waals surface area contributed by atoms with E-state index in [0.29, 0.717) is 12.0 Å². The second kappa shape index (κ2) is 6.02. The molecule has 2 fully saturated rings. The normalized spacial score (nSPS) is 34.0. The minimum atomic E-state index is -0.0529. The molecule has 4 heteroatoms. The first kappa shape index (κ1) is 15.8. The van der Waals surface area contributed by atoms with Gasteiger partial charge in [0.2, 0.25) is 5.91 Å². The molecule has 0 bridgehead atoms. The SMILES string of the molecule is CCC1(CC)CC(N2C(=O)C(C)NC2C(C)C)CCO1. The lowest BCUT2D eigenvalue weighted by molar-refractivity contribution is -0.144. The maximum Gasteiger partial charge on any atom is 0.240 e. The molecule has 2 rings (SSSR count). The largest absolute Gasteiger partial charge is 0.375 e. The van der Waals surface area contributed by atoms with E-state index in [1.54, 1.807) is 0 Å². The van der Waals surface area contributed by atoms with Gasteiger partial charge in [0, 0.05) is 12.6 Å². The summed E-state index contributed by atoms with van der Waals surface area (Å²) in [6, 6.07) is 0.267. The van der Waals surface area contributed by atoms with Crippen molar-refractivity contribution in [3.05, 3.63) is 0 Å². The fourth-order valence-electron chi connectivity index (χ4n) is 3.67. The van der Waals surface area contributed by atoms with Gasteiger partial charge in [-0.15, -0.1) is 0 Å². The molecule has 3 atom stereocenters. The number of nitrogens with one attached hydrogen (secondary N) is 1. The Kier molecular flexibility index (Phi) is 4.75. The zero-order valence-electron chi connectivity index (χ0n) is 13.6. The fraction of sp³-hybridized carbons (Fsp3) is 0.938. The van der Waals surface area contributed by atoms with Crippen molar-refractivity contribution in [3.63, 3.8) is 0 Å². The van der Waals surface area contributed by atoms with E-state index in [1.165, 1.54) is 0 Å². The summed E-state index contributed by atoms with van der Waals surface area (Å²) in [5, 5.41) is 3.45. The molecule has 1 N–H and O–H groups in total. The van der Waals surface area contributed by atoms with Gasteiger partial charge in [0.15, 0.2) is 0 Å². The standard InChI is InChI=1S/C16H30N2O2/c1-6-16(7-2)10-13(8-9-20-16)18-14(11(3)4)17-12(5)15(18)19/h11-14,17H,6-10H2,1-5H3. The molecule has 1 amide bonds. The van der Waals surface area contributed by atoms with Crippen molar-refractivity contribution in [1.29, 1.82) is 0 Å². The molecule has 2 aliphatic rings. The van der Waals surface area contributed by atoms with E-state index in [2.05, 4.69) is 37.9 Å². The van der Waals surface area contributed by atoms with E-state index < -0.39 is 0 Å². The molecule has 4 nitrogen and oxygen atoms in total. The zero-order chi connectivity index (χ0) is 14.9. The Bertz CT molecular complexity index is 352. The van der Waals surface area contributed by atoms with E-state index >= 15 is 0 Å². The number of nitrogens with zero attached hydrogens (tertiary/aromatic N) is 1. The molecule has 0 aromatic carbocycles. The number of carbonyl (C=O) groups excluding carboxylic acids is 1. The molecule has 116 valence electrons. The van der Waals surface area contributed by atoms with E-state index in [1.807, 2.05) is 6.92 Å². The number of hydrogen-bond acceptors (Lipinski definition) is 3. The van der Waals surface area contributed by atoms with Crippen molar-refractivity contribution in [2.24, 2.45) is 5.92 Å². The van der Waals surface area contributed by atoms with Crippen LogP contribution < -0.4 is 5.32 Å². The Morgan fingerprint density at radius 3 is 2.60 bits per heavy atom. The number of hydrogen-bond donors (Lipinski definition) is 1. The Labute approximate surface area is 123 Å². The average molecular weight is 282 g/mol. The van der Waals surface area contributed by atoms with Crippen molar-refractivity contribution in [1.82, 2.24) is 10.2 Å². The van der Waals surface area contributed by atoms with E-state index in [-0.39, 0.29) is 23.7 Å². The summed E-state index contributed by atoms with van der Waals surface area (Å²) in [5.74, 6) is 0.695. The smallest absolute Gasteiger partial charge is 0.240 e. The van der Waals surface area contributed by atoms with Crippen molar-refractivity contribution in [2.45, 2.75) is 84.2 Å². The van der Waals surface area contributed by atoms with Crippen LogP contribution in [0.4, 0.5) is 0 Å². The van der Waals surface area contributed by atoms with E-state index in [4.69, 9.17) is 4.74 Å². The quantitative estimate of drug-likeness (QED) is 0.861. The van der Waals surface area contributed by atoms with Gasteiger partial charge in [-0.05, 0) is 38.5 Å². The Hall–Kier alpha value is -0.610. The molecule has 3 unspecified atom stereocenters. The van der Waals surface area contributed by atoms with Crippen LogP contribution in [-0.4, -0.2) is 41.3 Å². The van der Waals surface area contributed by atoms with Gasteiger partial charge in [0.25, 0.3) is 0 Å². The molecular weight excluding hydrogens is 252 g/mol. The second-order valence-electron chi connectivity index (χ2n) is 6.71. The third-order valence-corrected chi connectivity index (χ3v) is 5.13. The van der Waals surface area contributed by atoms with Crippen molar-refractivity contribution in [2.75, 3.05) is 6.61 Å². The lowest BCUT2D eigenvalue weighted by Crippen LogP contribution is -2.53. The lowest BCUT2D eigenvalue weighted by atomic mass is 9.85. The van der Waals surface area contributed by atoms with Crippen LogP contribution >= 0.6 is 0 Å². The van der Waals surface area contributed by atoms with E-state index in [0.717, 1.165) is 32.3 Å². The molecule has 0 saturated carbocycles. The molecule has 20 heavy (non-hydrogen) atoms. The number of rotatable bonds is 4. The molecule has 0 spiro atoms. The first-order valence-corrected chi connectivity index (χ1v) is 8.16. The Morgan fingerprint density at radius 1 is 1.40 bits per heavy atom. The van der Waals surface area contributed by atoms with Crippen molar-refractivity contribution < 1.29 is 9.53 Å². The maximum atomic E-state index is 12.5. The molecular formula is C16H30N2O2. The minimum Gasteiger partial charge on any atom is -0.375 e. The van der Waals surface area contributed by atoms with Gasteiger partial charge in [-0.3, -0.25) is 10.1 Å². The summed E-state index contributed by atoms with van der Waals surface area (Å²) >= 11 is 0. The number of carbonyl (C=O) groups is 1. The molecule has 0 aliphatic carbocycles. The van der Waals surface area contributed by atoms with Crippen molar-refractivity contribution in [3.8, 4) is 0 Å². The van der Waals surface area contributed by atoms with Crippen LogP contribution in [-0.2, 0) is 9.53 Å². The summed E-state index contributed by atoms with van der Waals surface area (Å²) in [6.45, 7) is 11.5. The summed E-state index contributed by atoms with van der Waals surface area (Å²) in [4.78, 5) is 14.7. The van der Waals surface area contributed by atoms with Crippen LogP contribution in [0.25, 0.3) is 0 Å². The summed E-state index contributed by atoms with van der Waals surface area (Å²) < 4.78 is 6.05. The molecule has 0 aromatic heterocycles. The average Bonchev–Trinajstić information content (AvgIpc) is 2.75. The van der Waals surface area contributed by atoms with Gasteiger partial charge in [0.05, 0.1) is 17.8 Å². The van der Waals surface area contributed by atoms with Gasteiger partial charge in [0.1, 0.15) is 0 Å². The topological polar surface area (TPSA) is 41.6 Å². The lowest BCUT2D eigenvalue weighted by Gasteiger charge is -2.45. The first-order chi connectivity index (χ1) is 9.44. The predicted octanol–water partition coefficient (Wildman–Crippen LogP) is 2.53. The molecule has 2 heterocycles. The first-order valence-electron chi connectivity index (χ1n) is 8.16. The third-order valence-electron chi connectivity index (χ3n) is 5.13. The number of ether oxygens (including phenoxy) is 1. The van der Waals surface area contributed by atoms with Gasteiger partial charge in [-0.1, -0.05) is 27.7 Å². The highest BCUT2D eigenvalue weighted by molar-refractivity contribution is 5.84. The van der Waals surface area contributed by atoms with Gasteiger partial charge < -0.3 is 9.64 Å². The van der Waals surface area contributed by atoms with Gasteiger partial charge >= 0.3 is 0 Å². The molecule has 2 aliphatic heterocycles. The maximum absolute atomic E-state index is 12.5. The predicted molar refractivity (Wildman–Crippen MR) is 80.4 cm³/mol.